The van der Waals surface area contributed by atoms with Crippen LogP contribution in [-0.2, 0) is 11.8 Å². The van der Waals surface area contributed by atoms with Crippen molar-refractivity contribution in [1.82, 2.24) is 15.1 Å². The van der Waals surface area contributed by atoms with Crippen LogP contribution >= 0.6 is 11.6 Å². The highest BCUT2D eigenvalue weighted by Gasteiger charge is 2.26. The predicted octanol–water partition coefficient (Wildman–Crippen LogP) is 2.86. The number of carbonyl (C=O) groups excluding carboxylic acids is 2. The predicted molar refractivity (Wildman–Crippen MR) is 94.0 cm³/mol. The number of carbonyl (C=O) groups is 2. The minimum Gasteiger partial charge on any atom is -0.340 e. The molecular weight excluding hydrogens is 328 g/mol. The zero-order valence-electron chi connectivity index (χ0n) is 13.9. The number of aryl methyl sites for hydroxylation is 1. The molecule has 1 heterocycles. The van der Waals surface area contributed by atoms with Crippen molar-refractivity contribution in [3.05, 3.63) is 47.1 Å². The minimum atomic E-state index is -0.653. The normalized spacial score (nSPS) is 13.2. The quantitative estimate of drug-likeness (QED) is 0.842. The van der Waals surface area contributed by atoms with Gasteiger partial charge in [-0.15, -0.1) is 0 Å². The molecule has 0 saturated carbocycles. The van der Waals surface area contributed by atoms with Gasteiger partial charge in [-0.3, -0.25) is 14.3 Å². The zero-order chi connectivity index (χ0) is 17.7. The Balaban J connectivity index is 2.11. The second-order valence-corrected chi connectivity index (χ2v) is 6.14. The first kappa shape index (κ1) is 18.0. The van der Waals surface area contributed by atoms with Gasteiger partial charge in [0.15, 0.2) is 5.82 Å². The summed E-state index contributed by atoms with van der Waals surface area (Å²) in [7, 11) is 1.77. The number of rotatable bonds is 6. The molecule has 2 amide bonds. The summed E-state index contributed by atoms with van der Waals surface area (Å²) < 4.78 is 1.60. The highest BCUT2D eigenvalue weighted by molar-refractivity contribution is 6.30. The number of anilines is 1. The van der Waals surface area contributed by atoms with Crippen molar-refractivity contribution in [2.75, 3.05) is 5.32 Å². The van der Waals surface area contributed by atoms with Gasteiger partial charge >= 0.3 is 0 Å². The van der Waals surface area contributed by atoms with Crippen LogP contribution in [0.3, 0.4) is 0 Å². The van der Waals surface area contributed by atoms with Crippen LogP contribution < -0.4 is 10.6 Å². The Morgan fingerprint density at radius 1 is 1.25 bits per heavy atom. The van der Waals surface area contributed by atoms with E-state index in [-0.39, 0.29) is 17.7 Å². The first-order chi connectivity index (χ1) is 11.4. The van der Waals surface area contributed by atoms with Crippen LogP contribution in [-0.4, -0.2) is 27.6 Å². The van der Waals surface area contributed by atoms with E-state index in [0.29, 0.717) is 16.4 Å². The molecule has 2 rings (SSSR count). The van der Waals surface area contributed by atoms with Gasteiger partial charge in [-0.1, -0.05) is 31.9 Å². The standard InChI is InChI=1S/C17H21ClN4O2/c1-4-11(2)15(17(24)19-14-9-10-22(3)21-14)20-16(23)12-5-7-13(18)8-6-12/h5-11,15H,4H2,1-3H3,(H,20,23)(H,19,21,24). The van der Waals surface area contributed by atoms with E-state index in [9.17, 15) is 9.59 Å². The topological polar surface area (TPSA) is 76.0 Å². The summed E-state index contributed by atoms with van der Waals surface area (Å²) in [4.78, 5) is 24.9. The Morgan fingerprint density at radius 2 is 1.92 bits per heavy atom. The molecule has 7 heteroatoms. The van der Waals surface area contributed by atoms with Crippen LogP contribution in [0.4, 0.5) is 5.82 Å². The molecule has 128 valence electrons. The monoisotopic (exact) mass is 348 g/mol. The number of benzene rings is 1. The summed E-state index contributed by atoms with van der Waals surface area (Å²) in [5.41, 5.74) is 0.457. The molecule has 0 spiro atoms. The van der Waals surface area contributed by atoms with Crippen molar-refractivity contribution >= 4 is 29.2 Å². The summed E-state index contributed by atoms with van der Waals surface area (Å²) in [5, 5.41) is 10.2. The summed E-state index contributed by atoms with van der Waals surface area (Å²) in [5.74, 6) is -0.167. The molecule has 0 bridgehead atoms. The highest BCUT2D eigenvalue weighted by atomic mass is 35.5. The van der Waals surface area contributed by atoms with Crippen molar-refractivity contribution in [2.45, 2.75) is 26.3 Å². The average Bonchev–Trinajstić information content (AvgIpc) is 2.97. The Kier molecular flexibility index (Phi) is 5.98. The molecule has 0 aliphatic heterocycles. The molecule has 0 radical (unpaired) electrons. The average molecular weight is 349 g/mol. The molecule has 2 atom stereocenters. The van der Waals surface area contributed by atoms with Gasteiger partial charge in [0.1, 0.15) is 6.04 Å². The number of nitrogens with one attached hydrogen (secondary N) is 2. The van der Waals surface area contributed by atoms with E-state index in [1.807, 2.05) is 13.8 Å². The van der Waals surface area contributed by atoms with Gasteiger partial charge in [-0.25, -0.2) is 0 Å². The molecule has 2 unspecified atom stereocenters. The fourth-order valence-corrected chi connectivity index (χ4v) is 2.34. The lowest BCUT2D eigenvalue weighted by atomic mass is 9.98. The highest BCUT2D eigenvalue weighted by Crippen LogP contribution is 2.13. The van der Waals surface area contributed by atoms with Crippen LogP contribution in [0.25, 0.3) is 0 Å². The van der Waals surface area contributed by atoms with Crippen LogP contribution in [0, 0.1) is 5.92 Å². The van der Waals surface area contributed by atoms with Gasteiger partial charge in [0.25, 0.3) is 5.91 Å². The van der Waals surface area contributed by atoms with Crippen molar-refractivity contribution in [1.29, 1.82) is 0 Å². The maximum atomic E-state index is 12.5. The second-order valence-electron chi connectivity index (χ2n) is 5.71. The minimum absolute atomic E-state index is 0.0232. The maximum Gasteiger partial charge on any atom is 0.251 e. The van der Waals surface area contributed by atoms with E-state index in [1.165, 1.54) is 0 Å². The van der Waals surface area contributed by atoms with Gasteiger partial charge in [0.05, 0.1) is 0 Å². The first-order valence-electron chi connectivity index (χ1n) is 7.77. The Labute approximate surface area is 146 Å². The Bertz CT molecular complexity index is 712. The number of halogens is 1. The summed E-state index contributed by atoms with van der Waals surface area (Å²) in [6.45, 7) is 3.89. The second kappa shape index (κ2) is 7.97. The van der Waals surface area contributed by atoms with Crippen LogP contribution in [0.2, 0.25) is 5.02 Å². The van der Waals surface area contributed by atoms with E-state index in [0.717, 1.165) is 6.42 Å². The van der Waals surface area contributed by atoms with E-state index >= 15 is 0 Å². The first-order valence-corrected chi connectivity index (χ1v) is 8.15. The third-order valence-electron chi connectivity index (χ3n) is 3.85. The Morgan fingerprint density at radius 3 is 2.46 bits per heavy atom. The summed E-state index contributed by atoms with van der Waals surface area (Å²) in [6, 6.07) is 7.59. The maximum absolute atomic E-state index is 12.5. The molecule has 2 N–H and O–H groups in total. The van der Waals surface area contributed by atoms with E-state index in [2.05, 4.69) is 15.7 Å². The number of amides is 2. The van der Waals surface area contributed by atoms with E-state index in [1.54, 1.807) is 48.3 Å². The van der Waals surface area contributed by atoms with Gasteiger partial charge in [-0.2, -0.15) is 5.10 Å². The number of nitrogens with zero attached hydrogens (tertiary/aromatic N) is 2. The number of hydrogen-bond acceptors (Lipinski definition) is 3. The SMILES string of the molecule is CCC(C)C(NC(=O)c1ccc(Cl)cc1)C(=O)Nc1ccn(C)n1. The fraction of sp³-hybridized carbons (Fsp3) is 0.353. The van der Waals surface area contributed by atoms with Crippen LogP contribution in [0.5, 0.6) is 0 Å². The van der Waals surface area contributed by atoms with Crippen LogP contribution in [0.15, 0.2) is 36.5 Å². The molecular formula is C17H21ClN4O2. The smallest absolute Gasteiger partial charge is 0.251 e. The van der Waals surface area contributed by atoms with Gasteiger partial charge < -0.3 is 10.6 Å². The zero-order valence-corrected chi connectivity index (χ0v) is 14.7. The van der Waals surface area contributed by atoms with Gasteiger partial charge in [0, 0.05) is 29.9 Å². The third kappa shape index (κ3) is 4.58. The van der Waals surface area contributed by atoms with Gasteiger partial charge in [0.2, 0.25) is 5.91 Å². The van der Waals surface area contributed by atoms with Crippen molar-refractivity contribution in [3.63, 3.8) is 0 Å². The van der Waals surface area contributed by atoms with Crippen molar-refractivity contribution in [2.24, 2.45) is 13.0 Å². The van der Waals surface area contributed by atoms with E-state index < -0.39 is 6.04 Å². The van der Waals surface area contributed by atoms with Crippen LogP contribution in [0.1, 0.15) is 30.6 Å². The lowest BCUT2D eigenvalue weighted by molar-refractivity contribution is -0.119. The fourth-order valence-electron chi connectivity index (χ4n) is 2.21. The third-order valence-corrected chi connectivity index (χ3v) is 4.11. The molecule has 0 saturated heterocycles. The number of aromatic nitrogens is 2. The molecule has 0 fully saturated rings. The van der Waals surface area contributed by atoms with E-state index in [4.69, 9.17) is 11.6 Å². The number of hydrogen-bond donors (Lipinski definition) is 2. The van der Waals surface area contributed by atoms with Gasteiger partial charge in [-0.05, 0) is 30.2 Å². The summed E-state index contributed by atoms with van der Waals surface area (Å²) in [6.07, 6.45) is 2.49. The molecule has 24 heavy (non-hydrogen) atoms. The molecule has 6 nitrogen and oxygen atoms in total. The van der Waals surface area contributed by atoms with Crippen molar-refractivity contribution < 1.29 is 9.59 Å². The molecule has 0 aliphatic rings. The molecule has 2 aromatic rings. The largest absolute Gasteiger partial charge is 0.340 e. The molecule has 1 aromatic heterocycles. The summed E-state index contributed by atoms with van der Waals surface area (Å²) >= 11 is 5.83. The molecule has 1 aromatic carbocycles. The Hall–Kier alpha value is -2.34. The lowest BCUT2D eigenvalue weighted by Crippen LogP contribution is -2.47. The van der Waals surface area contributed by atoms with Crippen molar-refractivity contribution in [3.8, 4) is 0 Å². The molecule has 0 aliphatic carbocycles. The lowest BCUT2D eigenvalue weighted by Gasteiger charge is -2.23.